The van der Waals surface area contributed by atoms with Crippen LogP contribution < -0.4 is 0 Å². The molecule has 2 aromatic rings. The molecule has 0 unspecified atom stereocenters. The molecular weight excluding hydrogens is 351 g/mol. The fourth-order valence-electron chi connectivity index (χ4n) is 3.40. The summed E-state index contributed by atoms with van der Waals surface area (Å²) >= 11 is 0. The van der Waals surface area contributed by atoms with Crippen LogP contribution in [-0.2, 0) is 16.4 Å². The summed E-state index contributed by atoms with van der Waals surface area (Å²) in [7, 11) is -3.46. The average Bonchev–Trinajstić information content (AvgIpc) is 2.61. The lowest BCUT2D eigenvalue weighted by Gasteiger charge is -2.34. The molecule has 1 aliphatic rings. The number of benzene rings is 2. The molecule has 4 nitrogen and oxygen atoms in total. The van der Waals surface area contributed by atoms with Gasteiger partial charge in [-0.2, -0.15) is 4.31 Å². The SMILES string of the molecule is Cc1ccc(S(=O)(=O)N2CCN(CCc3ccccc3F)CC2)c(C)c1. The molecule has 0 aromatic heterocycles. The first-order valence-electron chi connectivity index (χ1n) is 8.91. The number of hydrogen-bond acceptors (Lipinski definition) is 3. The summed E-state index contributed by atoms with van der Waals surface area (Å²) < 4.78 is 41.1. The van der Waals surface area contributed by atoms with Crippen LogP contribution in [0.5, 0.6) is 0 Å². The van der Waals surface area contributed by atoms with E-state index in [0.717, 1.165) is 17.7 Å². The highest BCUT2D eigenvalue weighted by molar-refractivity contribution is 7.89. The van der Waals surface area contributed by atoms with Crippen molar-refractivity contribution in [3.05, 3.63) is 65.0 Å². The van der Waals surface area contributed by atoms with E-state index in [9.17, 15) is 12.8 Å². The normalized spacial score (nSPS) is 16.7. The smallest absolute Gasteiger partial charge is 0.243 e. The molecule has 1 heterocycles. The summed E-state index contributed by atoms with van der Waals surface area (Å²) in [5, 5.41) is 0. The summed E-state index contributed by atoms with van der Waals surface area (Å²) in [6, 6.07) is 12.2. The highest BCUT2D eigenvalue weighted by Crippen LogP contribution is 2.22. The molecule has 0 atom stereocenters. The molecule has 0 radical (unpaired) electrons. The van der Waals surface area contributed by atoms with Crippen LogP contribution in [-0.4, -0.2) is 50.3 Å². The van der Waals surface area contributed by atoms with Gasteiger partial charge in [0.1, 0.15) is 5.82 Å². The highest BCUT2D eigenvalue weighted by Gasteiger charge is 2.29. The monoisotopic (exact) mass is 376 g/mol. The zero-order valence-corrected chi connectivity index (χ0v) is 16.1. The summed E-state index contributed by atoms with van der Waals surface area (Å²) in [6.45, 7) is 6.79. The molecule has 26 heavy (non-hydrogen) atoms. The van der Waals surface area contributed by atoms with Gasteiger partial charge in [-0.3, -0.25) is 0 Å². The Labute approximate surface area is 155 Å². The Kier molecular flexibility index (Phi) is 5.75. The number of sulfonamides is 1. The van der Waals surface area contributed by atoms with Crippen molar-refractivity contribution in [1.29, 1.82) is 0 Å². The van der Waals surface area contributed by atoms with Crippen LogP contribution in [0.3, 0.4) is 0 Å². The van der Waals surface area contributed by atoms with Crippen molar-refractivity contribution < 1.29 is 12.8 Å². The fourth-order valence-corrected chi connectivity index (χ4v) is 5.03. The third-order valence-electron chi connectivity index (χ3n) is 4.93. The lowest BCUT2D eigenvalue weighted by molar-refractivity contribution is 0.189. The van der Waals surface area contributed by atoms with Gasteiger partial charge in [0.2, 0.25) is 10.0 Å². The van der Waals surface area contributed by atoms with Crippen LogP contribution in [0.25, 0.3) is 0 Å². The van der Waals surface area contributed by atoms with Gasteiger partial charge in [0.25, 0.3) is 0 Å². The molecule has 140 valence electrons. The zero-order chi connectivity index (χ0) is 18.7. The summed E-state index contributed by atoms with van der Waals surface area (Å²) in [5.41, 5.74) is 2.55. The minimum absolute atomic E-state index is 0.177. The van der Waals surface area contributed by atoms with Gasteiger partial charge in [0, 0.05) is 32.7 Å². The minimum atomic E-state index is -3.46. The van der Waals surface area contributed by atoms with Crippen molar-refractivity contribution in [2.24, 2.45) is 0 Å². The Hall–Kier alpha value is -1.76. The van der Waals surface area contributed by atoms with Crippen LogP contribution >= 0.6 is 0 Å². The van der Waals surface area contributed by atoms with Crippen molar-refractivity contribution in [3.8, 4) is 0 Å². The summed E-state index contributed by atoms with van der Waals surface area (Å²) in [6.07, 6.45) is 0.635. The molecule has 0 aliphatic carbocycles. The van der Waals surface area contributed by atoms with E-state index in [1.807, 2.05) is 32.0 Å². The Bertz CT molecular complexity index is 875. The zero-order valence-electron chi connectivity index (χ0n) is 15.3. The van der Waals surface area contributed by atoms with Gasteiger partial charge in [0.15, 0.2) is 0 Å². The summed E-state index contributed by atoms with van der Waals surface area (Å²) in [4.78, 5) is 2.59. The molecular formula is C20H25FN2O2S. The van der Waals surface area contributed by atoms with E-state index in [4.69, 9.17) is 0 Å². The second-order valence-electron chi connectivity index (χ2n) is 6.86. The summed E-state index contributed by atoms with van der Waals surface area (Å²) in [5.74, 6) is -0.177. The molecule has 3 rings (SSSR count). The van der Waals surface area contributed by atoms with E-state index in [1.165, 1.54) is 6.07 Å². The molecule has 6 heteroatoms. The standard InChI is InChI=1S/C20H25FN2O2S/c1-16-7-8-20(17(2)15-16)26(24,25)23-13-11-22(12-14-23)10-9-18-5-3-4-6-19(18)21/h3-8,15H,9-14H2,1-2H3. The average molecular weight is 376 g/mol. The lowest BCUT2D eigenvalue weighted by Crippen LogP contribution is -2.49. The quantitative estimate of drug-likeness (QED) is 0.806. The number of nitrogens with zero attached hydrogens (tertiary/aromatic N) is 2. The van der Waals surface area contributed by atoms with Gasteiger partial charge in [0.05, 0.1) is 4.90 Å². The first kappa shape index (κ1) is 19.0. The molecule has 0 bridgehead atoms. The third-order valence-corrected chi connectivity index (χ3v) is 6.99. The Morgan fingerprint density at radius 1 is 1.00 bits per heavy atom. The van der Waals surface area contributed by atoms with Crippen molar-refractivity contribution in [2.45, 2.75) is 25.2 Å². The van der Waals surface area contributed by atoms with E-state index in [-0.39, 0.29) is 5.82 Å². The molecule has 2 aromatic carbocycles. The molecule has 1 aliphatic heterocycles. The van der Waals surface area contributed by atoms with Crippen molar-refractivity contribution in [2.75, 3.05) is 32.7 Å². The maximum absolute atomic E-state index is 13.7. The van der Waals surface area contributed by atoms with Crippen molar-refractivity contribution >= 4 is 10.0 Å². The van der Waals surface area contributed by atoms with Crippen LogP contribution in [0, 0.1) is 19.7 Å². The largest absolute Gasteiger partial charge is 0.300 e. The van der Waals surface area contributed by atoms with Gasteiger partial charge in [-0.25, -0.2) is 12.8 Å². The van der Waals surface area contributed by atoms with Crippen molar-refractivity contribution in [1.82, 2.24) is 9.21 Å². The van der Waals surface area contributed by atoms with Gasteiger partial charge in [-0.1, -0.05) is 35.9 Å². The molecule has 0 N–H and O–H groups in total. The number of aryl methyl sites for hydroxylation is 2. The highest BCUT2D eigenvalue weighted by atomic mass is 32.2. The first-order valence-corrected chi connectivity index (χ1v) is 10.3. The van der Waals surface area contributed by atoms with E-state index in [1.54, 1.807) is 22.5 Å². The maximum Gasteiger partial charge on any atom is 0.243 e. The first-order chi connectivity index (χ1) is 12.4. The van der Waals surface area contributed by atoms with Gasteiger partial charge >= 0.3 is 0 Å². The molecule has 0 spiro atoms. The van der Waals surface area contributed by atoms with Gasteiger partial charge in [-0.15, -0.1) is 0 Å². The third kappa shape index (κ3) is 4.14. The number of hydrogen-bond donors (Lipinski definition) is 0. The number of rotatable bonds is 5. The molecule has 0 amide bonds. The second-order valence-corrected chi connectivity index (χ2v) is 8.76. The van der Waals surface area contributed by atoms with Crippen molar-refractivity contribution in [3.63, 3.8) is 0 Å². The predicted molar refractivity (Wildman–Crippen MR) is 101 cm³/mol. The van der Waals surface area contributed by atoms with E-state index in [0.29, 0.717) is 43.1 Å². The van der Waals surface area contributed by atoms with E-state index < -0.39 is 10.0 Å². The lowest BCUT2D eigenvalue weighted by atomic mass is 10.1. The molecule has 1 fully saturated rings. The van der Waals surface area contributed by atoms with E-state index >= 15 is 0 Å². The topological polar surface area (TPSA) is 40.6 Å². The van der Waals surface area contributed by atoms with Crippen LogP contribution in [0.4, 0.5) is 4.39 Å². The van der Waals surface area contributed by atoms with Crippen LogP contribution in [0.1, 0.15) is 16.7 Å². The van der Waals surface area contributed by atoms with Crippen LogP contribution in [0.2, 0.25) is 0 Å². The molecule has 1 saturated heterocycles. The van der Waals surface area contributed by atoms with Crippen LogP contribution in [0.15, 0.2) is 47.4 Å². The van der Waals surface area contributed by atoms with E-state index in [2.05, 4.69) is 4.90 Å². The minimum Gasteiger partial charge on any atom is -0.300 e. The second kappa shape index (κ2) is 7.86. The predicted octanol–water partition coefficient (Wildman–Crippen LogP) is 2.99. The van der Waals surface area contributed by atoms with Gasteiger partial charge in [-0.05, 0) is 43.5 Å². The number of halogens is 1. The van der Waals surface area contributed by atoms with Gasteiger partial charge < -0.3 is 4.90 Å². The Morgan fingerprint density at radius 2 is 1.69 bits per heavy atom. The molecule has 0 saturated carbocycles. The number of piperazine rings is 1. The fraction of sp³-hybridized carbons (Fsp3) is 0.400. The Morgan fingerprint density at radius 3 is 2.35 bits per heavy atom. The maximum atomic E-state index is 13.7. The Balaban J connectivity index is 1.60.